The normalized spacial score (nSPS) is 10.1. The van der Waals surface area contributed by atoms with Crippen molar-refractivity contribution in [2.75, 3.05) is 16.9 Å². The third-order valence-corrected chi connectivity index (χ3v) is 4.85. The first-order chi connectivity index (χ1) is 11.5. The number of nitrogen functional groups attached to an aromatic ring is 1. The van der Waals surface area contributed by atoms with Gasteiger partial charge in [0.15, 0.2) is 0 Å². The molecule has 5 nitrogen and oxygen atoms in total. The van der Waals surface area contributed by atoms with Gasteiger partial charge in [-0.3, -0.25) is 15.6 Å². The van der Waals surface area contributed by atoms with Gasteiger partial charge in [0.05, 0.1) is 28.6 Å². The van der Waals surface area contributed by atoms with Crippen molar-refractivity contribution >= 4 is 45.0 Å². The fraction of sp³-hybridized carbons (Fsp3) is 0.176. The molecule has 0 aromatic heterocycles. The van der Waals surface area contributed by atoms with Crippen molar-refractivity contribution in [2.45, 2.75) is 18.7 Å². The van der Waals surface area contributed by atoms with Gasteiger partial charge in [-0.1, -0.05) is 6.92 Å². The van der Waals surface area contributed by atoms with Gasteiger partial charge in [0, 0.05) is 9.37 Å². The van der Waals surface area contributed by atoms with Gasteiger partial charge in [-0.15, -0.1) is 11.8 Å². The number of nitrogens with two attached hydrogens (primary N) is 1. The van der Waals surface area contributed by atoms with Crippen LogP contribution in [0.5, 0.6) is 0 Å². The number of halogens is 1. The summed E-state index contributed by atoms with van der Waals surface area (Å²) >= 11 is 4.97. The number of aryl methyl sites for hydroxylation is 1. The molecule has 2 aromatic rings. The summed E-state index contributed by atoms with van der Waals surface area (Å²) in [4.78, 5) is 13.4. The first-order valence-corrected chi connectivity index (χ1v) is 9.03. The van der Waals surface area contributed by atoms with Gasteiger partial charge in [0.2, 0.25) is 0 Å². The highest BCUT2D eigenvalue weighted by Gasteiger charge is 2.13. The molecule has 0 radical (unpaired) electrons. The molecule has 0 spiro atoms. The Morgan fingerprint density at radius 2 is 2.12 bits per heavy atom. The second-order valence-electron chi connectivity index (χ2n) is 5.04. The van der Waals surface area contributed by atoms with E-state index < -0.39 is 0 Å². The highest BCUT2D eigenvalue weighted by Crippen LogP contribution is 2.28. The summed E-state index contributed by atoms with van der Waals surface area (Å²) in [6.45, 7) is 3.93. The molecule has 2 aromatic carbocycles. The van der Waals surface area contributed by atoms with Gasteiger partial charge in [0.1, 0.15) is 0 Å². The molecule has 124 valence electrons. The lowest BCUT2D eigenvalue weighted by Crippen LogP contribution is -2.30. The van der Waals surface area contributed by atoms with Crippen LogP contribution in [0.15, 0.2) is 39.7 Å². The van der Waals surface area contributed by atoms with Crippen molar-refractivity contribution < 1.29 is 4.79 Å². The van der Waals surface area contributed by atoms with E-state index in [1.54, 1.807) is 30.0 Å². The summed E-state index contributed by atoms with van der Waals surface area (Å²) in [5.41, 5.74) is 14.4. The van der Waals surface area contributed by atoms with E-state index >= 15 is 0 Å². The number of nitrogens with one attached hydrogen (secondary N) is 2. The summed E-state index contributed by atoms with van der Waals surface area (Å²) in [5.74, 6) is 0.540. The summed E-state index contributed by atoms with van der Waals surface area (Å²) in [5, 5.41) is 9.04. The molecule has 0 bridgehead atoms. The molecule has 2 rings (SSSR count). The Morgan fingerprint density at radius 3 is 2.79 bits per heavy atom. The molecule has 24 heavy (non-hydrogen) atoms. The highest BCUT2D eigenvalue weighted by molar-refractivity contribution is 9.10. The Morgan fingerprint density at radius 1 is 1.38 bits per heavy atom. The predicted octanol–water partition coefficient (Wildman–Crippen LogP) is 4.08. The standard InChI is InChI=1S/C17H17BrN4OS/c1-3-24-15-5-4-11(9-19)8-14(15)21-22-17(23)12-6-10(2)7-13(18)16(12)20/h4-8,21H,3,20H2,1-2H3,(H,22,23). The zero-order valence-corrected chi connectivity index (χ0v) is 15.7. The molecular formula is C17H17BrN4OS. The molecule has 0 aliphatic carbocycles. The minimum Gasteiger partial charge on any atom is -0.397 e. The number of rotatable bonds is 5. The molecule has 0 fully saturated rings. The molecule has 0 aliphatic heterocycles. The zero-order valence-electron chi connectivity index (χ0n) is 13.3. The molecule has 0 saturated heterocycles. The number of hydrogen-bond donors (Lipinski definition) is 3. The average Bonchev–Trinajstić information content (AvgIpc) is 2.57. The second kappa shape index (κ2) is 8.08. The van der Waals surface area contributed by atoms with Crippen molar-refractivity contribution in [1.29, 1.82) is 5.26 Å². The molecule has 0 saturated carbocycles. The second-order valence-corrected chi connectivity index (χ2v) is 7.20. The van der Waals surface area contributed by atoms with Crippen LogP contribution >= 0.6 is 27.7 Å². The van der Waals surface area contributed by atoms with Crippen LogP contribution in [0.4, 0.5) is 11.4 Å². The SMILES string of the molecule is CCSc1ccc(C#N)cc1NNC(=O)c1cc(C)cc(Br)c1N. The quantitative estimate of drug-likeness (QED) is 0.396. The Hall–Kier alpha value is -2.17. The minimum atomic E-state index is -0.341. The van der Waals surface area contributed by atoms with E-state index in [-0.39, 0.29) is 5.91 Å². The average molecular weight is 405 g/mol. The maximum Gasteiger partial charge on any atom is 0.271 e. The van der Waals surface area contributed by atoms with Crippen LogP contribution in [0.2, 0.25) is 0 Å². The first kappa shape index (κ1) is 18.2. The van der Waals surface area contributed by atoms with Crippen molar-refractivity contribution in [3.05, 3.63) is 51.5 Å². The zero-order chi connectivity index (χ0) is 17.7. The molecule has 0 heterocycles. The number of hydrazine groups is 1. The Bertz CT molecular complexity index is 817. The molecule has 1 amide bonds. The van der Waals surface area contributed by atoms with E-state index in [2.05, 4.69) is 32.9 Å². The summed E-state index contributed by atoms with van der Waals surface area (Å²) in [6.07, 6.45) is 0. The fourth-order valence-corrected chi connectivity index (χ4v) is 3.43. The number of benzene rings is 2. The van der Waals surface area contributed by atoms with E-state index in [4.69, 9.17) is 11.0 Å². The lowest BCUT2D eigenvalue weighted by molar-refractivity contribution is 0.0963. The number of carbonyl (C=O) groups excluding carboxylic acids is 1. The van der Waals surface area contributed by atoms with Crippen molar-refractivity contribution in [3.8, 4) is 6.07 Å². The number of nitrogens with zero attached hydrogens (tertiary/aromatic N) is 1. The van der Waals surface area contributed by atoms with Crippen LogP contribution < -0.4 is 16.6 Å². The van der Waals surface area contributed by atoms with E-state index in [1.165, 1.54) is 0 Å². The van der Waals surface area contributed by atoms with Gasteiger partial charge < -0.3 is 5.73 Å². The number of thioether (sulfide) groups is 1. The molecular weight excluding hydrogens is 388 g/mol. The smallest absolute Gasteiger partial charge is 0.271 e. The lowest BCUT2D eigenvalue weighted by Gasteiger charge is -2.14. The Balaban J connectivity index is 2.22. The third-order valence-electron chi connectivity index (χ3n) is 3.24. The maximum atomic E-state index is 12.4. The van der Waals surface area contributed by atoms with E-state index in [1.807, 2.05) is 26.0 Å². The minimum absolute atomic E-state index is 0.341. The summed E-state index contributed by atoms with van der Waals surface area (Å²) < 4.78 is 0.682. The van der Waals surface area contributed by atoms with Crippen molar-refractivity contribution in [1.82, 2.24) is 5.43 Å². The van der Waals surface area contributed by atoms with E-state index in [9.17, 15) is 4.79 Å². The van der Waals surface area contributed by atoms with Crippen molar-refractivity contribution in [2.24, 2.45) is 0 Å². The van der Waals surface area contributed by atoms with Crippen molar-refractivity contribution in [3.63, 3.8) is 0 Å². The van der Waals surface area contributed by atoms with Gasteiger partial charge >= 0.3 is 0 Å². The van der Waals surface area contributed by atoms with Gasteiger partial charge in [-0.2, -0.15) is 5.26 Å². The maximum absolute atomic E-state index is 12.4. The number of anilines is 2. The monoisotopic (exact) mass is 404 g/mol. The van der Waals surface area contributed by atoms with Gasteiger partial charge in [0.25, 0.3) is 5.91 Å². The number of carbonyl (C=O) groups is 1. The Labute approximate surface area is 153 Å². The highest BCUT2D eigenvalue weighted by atomic mass is 79.9. The van der Waals surface area contributed by atoms with Crippen LogP contribution in [0.1, 0.15) is 28.4 Å². The molecule has 0 unspecified atom stereocenters. The summed E-state index contributed by atoms with van der Waals surface area (Å²) in [7, 11) is 0. The van der Waals surface area contributed by atoms with Gasteiger partial charge in [-0.05, 0) is 64.5 Å². The van der Waals surface area contributed by atoms with E-state index in [0.29, 0.717) is 27.0 Å². The van der Waals surface area contributed by atoms with Crippen LogP contribution in [-0.4, -0.2) is 11.7 Å². The topological polar surface area (TPSA) is 90.9 Å². The largest absolute Gasteiger partial charge is 0.397 e. The molecule has 0 aliphatic rings. The van der Waals surface area contributed by atoms with Gasteiger partial charge in [-0.25, -0.2) is 0 Å². The first-order valence-electron chi connectivity index (χ1n) is 7.25. The summed E-state index contributed by atoms with van der Waals surface area (Å²) in [6, 6.07) is 11.0. The van der Waals surface area contributed by atoms with Crippen LogP contribution in [-0.2, 0) is 0 Å². The van der Waals surface area contributed by atoms with Crippen LogP contribution in [0, 0.1) is 18.3 Å². The fourth-order valence-electron chi connectivity index (χ4n) is 2.11. The number of amides is 1. The molecule has 4 N–H and O–H groups in total. The molecule has 7 heteroatoms. The third kappa shape index (κ3) is 4.22. The Kier molecular flexibility index (Phi) is 6.12. The molecule has 0 atom stereocenters. The predicted molar refractivity (Wildman–Crippen MR) is 102 cm³/mol. The van der Waals surface area contributed by atoms with Crippen LogP contribution in [0.3, 0.4) is 0 Å². The van der Waals surface area contributed by atoms with Crippen LogP contribution in [0.25, 0.3) is 0 Å². The lowest BCUT2D eigenvalue weighted by atomic mass is 10.1. The number of hydrogen-bond acceptors (Lipinski definition) is 5. The van der Waals surface area contributed by atoms with E-state index in [0.717, 1.165) is 16.2 Å². The number of nitriles is 1.